The van der Waals surface area contributed by atoms with Crippen molar-refractivity contribution in [1.82, 2.24) is 5.32 Å². The first-order chi connectivity index (χ1) is 10.0. The number of benzene rings is 1. The summed E-state index contributed by atoms with van der Waals surface area (Å²) in [6.07, 6.45) is 1.68. The Morgan fingerprint density at radius 3 is 2.81 bits per heavy atom. The van der Waals surface area contributed by atoms with Gasteiger partial charge in [0.25, 0.3) is 5.91 Å². The summed E-state index contributed by atoms with van der Waals surface area (Å²) in [7, 11) is 0. The Balaban J connectivity index is 2.02. The average Bonchev–Trinajstić information content (AvgIpc) is 3.29. The lowest BCUT2D eigenvalue weighted by Gasteiger charge is -2.28. The zero-order valence-corrected chi connectivity index (χ0v) is 12.5. The smallest absolute Gasteiger partial charge is 0.251 e. The van der Waals surface area contributed by atoms with E-state index in [-0.39, 0.29) is 0 Å². The van der Waals surface area contributed by atoms with E-state index >= 15 is 0 Å². The zero-order chi connectivity index (χ0) is 15.4. The number of carbonyl (C=O) groups excluding carboxylic acids is 2. The predicted octanol–water partition coefficient (Wildman–Crippen LogP) is 1.23. The van der Waals surface area contributed by atoms with E-state index in [0.717, 1.165) is 18.4 Å². The van der Waals surface area contributed by atoms with Crippen LogP contribution in [0.1, 0.15) is 25.3 Å². The minimum atomic E-state index is -1.24. The van der Waals surface area contributed by atoms with Crippen LogP contribution in [-0.4, -0.2) is 36.1 Å². The fourth-order valence-electron chi connectivity index (χ4n) is 2.22. The maximum atomic E-state index is 11.9. The predicted molar refractivity (Wildman–Crippen MR) is 80.9 cm³/mol. The van der Waals surface area contributed by atoms with Crippen molar-refractivity contribution in [3.05, 3.63) is 29.8 Å². The maximum absolute atomic E-state index is 11.9. The van der Waals surface area contributed by atoms with Crippen molar-refractivity contribution in [2.75, 3.05) is 11.4 Å². The highest BCUT2D eigenvalue weighted by molar-refractivity contribution is 5.84. The number of nitrogens with zero attached hydrogens (tertiary/aromatic N) is 1. The minimum absolute atomic E-state index is 0.422. The summed E-state index contributed by atoms with van der Waals surface area (Å²) in [6, 6.07) is 6.78. The third-order valence-corrected chi connectivity index (χ3v) is 3.84. The molecule has 1 aliphatic rings. The molecular weight excluding hydrogens is 268 g/mol. The SMILES string of the molecule is Cc1cccc(N(C=O)C(C)C(O)C(=O)NCC2CC2)c1. The Hall–Kier alpha value is -1.88. The van der Waals surface area contributed by atoms with Gasteiger partial charge in [-0.3, -0.25) is 9.59 Å². The average molecular weight is 290 g/mol. The van der Waals surface area contributed by atoms with Crippen LogP contribution in [0, 0.1) is 12.8 Å². The molecule has 114 valence electrons. The molecule has 0 spiro atoms. The van der Waals surface area contributed by atoms with E-state index in [1.54, 1.807) is 13.0 Å². The van der Waals surface area contributed by atoms with Crippen LogP contribution >= 0.6 is 0 Å². The summed E-state index contributed by atoms with van der Waals surface area (Å²) in [5.41, 5.74) is 1.69. The second kappa shape index (κ2) is 6.72. The van der Waals surface area contributed by atoms with Gasteiger partial charge in [-0.2, -0.15) is 0 Å². The van der Waals surface area contributed by atoms with Gasteiger partial charge in [0.05, 0.1) is 6.04 Å². The molecule has 0 radical (unpaired) electrons. The van der Waals surface area contributed by atoms with Gasteiger partial charge >= 0.3 is 0 Å². The summed E-state index contributed by atoms with van der Waals surface area (Å²) in [5.74, 6) is 0.129. The van der Waals surface area contributed by atoms with Gasteiger partial charge in [-0.15, -0.1) is 0 Å². The van der Waals surface area contributed by atoms with E-state index < -0.39 is 18.1 Å². The highest BCUT2D eigenvalue weighted by Crippen LogP contribution is 2.27. The van der Waals surface area contributed by atoms with Crippen LogP contribution in [0.3, 0.4) is 0 Å². The van der Waals surface area contributed by atoms with Crippen molar-refractivity contribution in [3.63, 3.8) is 0 Å². The molecule has 2 N–H and O–H groups in total. The number of carbonyl (C=O) groups is 2. The maximum Gasteiger partial charge on any atom is 0.251 e. The molecule has 0 aromatic heterocycles. The molecule has 1 saturated carbocycles. The Labute approximate surface area is 125 Å². The van der Waals surface area contributed by atoms with Gasteiger partial charge in [0.15, 0.2) is 6.10 Å². The first-order valence-corrected chi connectivity index (χ1v) is 7.29. The molecule has 1 fully saturated rings. The molecule has 0 bridgehead atoms. The van der Waals surface area contributed by atoms with Crippen LogP contribution in [0.15, 0.2) is 24.3 Å². The number of rotatable bonds is 7. The van der Waals surface area contributed by atoms with E-state index in [0.29, 0.717) is 24.6 Å². The number of aliphatic hydroxyl groups excluding tert-OH is 1. The first-order valence-electron chi connectivity index (χ1n) is 7.29. The Morgan fingerprint density at radius 2 is 2.24 bits per heavy atom. The van der Waals surface area contributed by atoms with Crippen LogP contribution in [-0.2, 0) is 9.59 Å². The molecule has 0 saturated heterocycles. The largest absolute Gasteiger partial charge is 0.381 e. The monoisotopic (exact) mass is 290 g/mol. The molecule has 5 heteroatoms. The van der Waals surface area contributed by atoms with Crippen LogP contribution in [0.25, 0.3) is 0 Å². The lowest BCUT2D eigenvalue weighted by atomic mass is 10.1. The lowest BCUT2D eigenvalue weighted by Crippen LogP contribution is -2.49. The van der Waals surface area contributed by atoms with Gasteiger partial charge in [-0.25, -0.2) is 0 Å². The minimum Gasteiger partial charge on any atom is -0.381 e. The van der Waals surface area contributed by atoms with Gasteiger partial charge in [0.2, 0.25) is 6.41 Å². The number of aliphatic hydroxyl groups is 1. The van der Waals surface area contributed by atoms with Crippen molar-refractivity contribution in [3.8, 4) is 0 Å². The summed E-state index contributed by atoms with van der Waals surface area (Å²) in [5, 5.41) is 12.9. The fraction of sp³-hybridized carbons (Fsp3) is 0.500. The van der Waals surface area contributed by atoms with Crippen LogP contribution in [0.4, 0.5) is 5.69 Å². The van der Waals surface area contributed by atoms with Gasteiger partial charge in [-0.1, -0.05) is 12.1 Å². The number of hydrogen-bond acceptors (Lipinski definition) is 3. The quantitative estimate of drug-likeness (QED) is 0.742. The van der Waals surface area contributed by atoms with Gasteiger partial charge < -0.3 is 15.3 Å². The molecule has 0 aliphatic heterocycles. The van der Waals surface area contributed by atoms with Crippen molar-refractivity contribution < 1.29 is 14.7 Å². The molecular formula is C16H22N2O3. The van der Waals surface area contributed by atoms with Gasteiger partial charge in [-0.05, 0) is 50.3 Å². The molecule has 2 atom stereocenters. The van der Waals surface area contributed by atoms with Crippen molar-refractivity contribution >= 4 is 18.0 Å². The fourth-order valence-corrected chi connectivity index (χ4v) is 2.22. The normalized spacial score (nSPS) is 16.9. The highest BCUT2D eigenvalue weighted by atomic mass is 16.3. The third-order valence-electron chi connectivity index (χ3n) is 3.84. The van der Waals surface area contributed by atoms with E-state index in [1.165, 1.54) is 4.90 Å². The van der Waals surface area contributed by atoms with Crippen molar-refractivity contribution in [1.29, 1.82) is 0 Å². The summed E-state index contributed by atoms with van der Waals surface area (Å²) >= 11 is 0. The molecule has 5 nitrogen and oxygen atoms in total. The Kier molecular flexibility index (Phi) is 4.96. The molecule has 0 heterocycles. The highest BCUT2D eigenvalue weighted by Gasteiger charge is 2.29. The summed E-state index contributed by atoms with van der Waals surface area (Å²) in [4.78, 5) is 24.7. The van der Waals surface area contributed by atoms with E-state index in [9.17, 15) is 14.7 Å². The number of amides is 2. The van der Waals surface area contributed by atoms with Crippen molar-refractivity contribution in [2.45, 2.75) is 38.8 Å². The van der Waals surface area contributed by atoms with Crippen LogP contribution in [0.2, 0.25) is 0 Å². The van der Waals surface area contributed by atoms with E-state index in [2.05, 4.69) is 5.32 Å². The number of hydrogen-bond donors (Lipinski definition) is 2. The van der Waals surface area contributed by atoms with Crippen LogP contribution < -0.4 is 10.2 Å². The number of nitrogens with one attached hydrogen (secondary N) is 1. The second-order valence-electron chi connectivity index (χ2n) is 5.73. The van der Waals surface area contributed by atoms with E-state index in [4.69, 9.17) is 0 Å². The second-order valence-corrected chi connectivity index (χ2v) is 5.73. The third kappa shape index (κ3) is 4.04. The molecule has 2 unspecified atom stereocenters. The number of aryl methyl sites for hydroxylation is 1. The summed E-state index contributed by atoms with van der Waals surface area (Å²) < 4.78 is 0. The van der Waals surface area contributed by atoms with Crippen molar-refractivity contribution in [2.24, 2.45) is 5.92 Å². The standard InChI is InChI=1S/C16H22N2O3/c1-11-4-3-5-14(8-11)18(10-19)12(2)15(20)16(21)17-9-13-6-7-13/h3-5,8,10,12-13,15,20H,6-7,9H2,1-2H3,(H,17,21). The Bertz CT molecular complexity index is 514. The number of anilines is 1. The Morgan fingerprint density at radius 1 is 1.52 bits per heavy atom. The molecule has 1 aliphatic carbocycles. The molecule has 1 aromatic carbocycles. The van der Waals surface area contributed by atoms with Gasteiger partial charge in [0.1, 0.15) is 0 Å². The van der Waals surface area contributed by atoms with Gasteiger partial charge in [0, 0.05) is 12.2 Å². The molecule has 2 rings (SSSR count). The van der Waals surface area contributed by atoms with E-state index in [1.807, 2.05) is 25.1 Å². The first kappa shape index (κ1) is 15.5. The van der Waals surface area contributed by atoms with Crippen LogP contribution in [0.5, 0.6) is 0 Å². The zero-order valence-electron chi connectivity index (χ0n) is 12.5. The molecule has 21 heavy (non-hydrogen) atoms. The lowest BCUT2D eigenvalue weighted by molar-refractivity contribution is -0.130. The summed E-state index contributed by atoms with van der Waals surface area (Å²) in [6.45, 7) is 4.20. The molecule has 1 aromatic rings. The molecule has 2 amide bonds. The topological polar surface area (TPSA) is 69.6 Å².